The van der Waals surface area contributed by atoms with Crippen molar-refractivity contribution in [1.29, 1.82) is 0 Å². The zero-order valence-electron chi connectivity index (χ0n) is 8.84. The van der Waals surface area contributed by atoms with Crippen LogP contribution in [0.25, 0.3) is 16.6 Å². The molecule has 0 aliphatic rings. The number of hydrogen-bond donors (Lipinski definition) is 1. The zero-order chi connectivity index (χ0) is 11.8. The van der Waals surface area contributed by atoms with Crippen LogP contribution in [0, 0.1) is 0 Å². The van der Waals surface area contributed by atoms with Gasteiger partial charge in [0.1, 0.15) is 5.75 Å². The smallest absolute Gasteiger partial charge is 0.117 e. The van der Waals surface area contributed by atoms with Crippen molar-refractivity contribution in [2.24, 2.45) is 0 Å². The monoisotopic (exact) mass is 244 g/mol. The molecule has 0 atom stereocenters. The molecule has 0 fully saturated rings. The first kappa shape index (κ1) is 10.2. The molecule has 3 aromatic rings. The van der Waals surface area contributed by atoms with Crippen molar-refractivity contribution in [3.8, 4) is 11.4 Å². The molecule has 2 aromatic carbocycles. The highest BCUT2D eigenvalue weighted by atomic mass is 35.5. The molecular weight excluding hydrogens is 236 g/mol. The number of benzene rings is 2. The number of aromatic hydroxyl groups is 1. The highest BCUT2D eigenvalue weighted by molar-refractivity contribution is 6.32. The molecule has 1 heterocycles. The molecule has 0 saturated carbocycles. The van der Waals surface area contributed by atoms with Crippen LogP contribution >= 0.6 is 11.6 Å². The van der Waals surface area contributed by atoms with Crippen LogP contribution < -0.4 is 0 Å². The summed E-state index contributed by atoms with van der Waals surface area (Å²) in [6.07, 6.45) is 1.75. The Morgan fingerprint density at radius 3 is 2.76 bits per heavy atom. The molecule has 3 nitrogen and oxygen atoms in total. The van der Waals surface area contributed by atoms with Gasteiger partial charge in [-0.3, -0.25) is 0 Å². The molecule has 0 spiro atoms. The molecule has 4 heteroatoms. The van der Waals surface area contributed by atoms with Crippen molar-refractivity contribution in [1.82, 2.24) is 9.78 Å². The molecule has 0 unspecified atom stereocenters. The van der Waals surface area contributed by atoms with Crippen LogP contribution in [0.15, 0.2) is 48.7 Å². The second-order valence-corrected chi connectivity index (χ2v) is 4.16. The maximum Gasteiger partial charge on any atom is 0.117 e. The Kier molecular flexibility index (Phi) is 2.27. The van der Waals surface area contributed by atoms with Gasteiger partial charge in [0.25, 0.3) is 0 Å². The number of phenolic OH excluding ortho intramolecular Hbond substituents is 1. The van der Waals surface area contributed by atoms with E-state index in [4.69, 9.17) is 11.6 Å². The van der Waals surface area contributed by atoms with E-state index >= 15 is 0 Å². The highest BCUT2D eigenvalue weighted by Crippen LogP contribution is 2.26. The molecule has 84 valence electrons. The number of phenols is 1. The summed E-state index contributed by atoms with van der Waals surface area (Å²) >= 11 is 6.13. The van der Waals surface area contributed by atoms with Crippen molar-refractivity contribution in [2.75, 3.05) is 0 Å². The molecule has 1 N–H and O–H groups in total. The van der Waals surface area contributed by atoms with Crippen LogP contribution in [0.4, 0.5) is 0 Å². The summed E-state index contributed by atoms with van der Waals surface area (Å²) in [7, 11) is 0. The van der Waals surface area contributed by atoms with Crippen LogP contribution in [0.5, 0.6) is 5.75 Å². The Bertz CT molecular complexity index is 691. The second-order valence-electron chi connectivity index (χ2n) is 3.75. The minimum absolute atomic E-state index is 0.214. The summed E-state index contributed by atoms with van der Waals surface area (Å²) in [6, 6.07) is 12.6. The van der Waals surface area contributed by atoms with E-state index < -0.39 is 0 Å². The lowest BCUT2D eigenvalue weighted by molar-refractivity contribution is 0.476. The molecule has 3 rings (SSSR count). The van der Waals surface area contributed by atoms with Crippen LogP contribution in [-0.4, -0.2) is 14.9 Å². The molecule has 0 amide bonds. The lowest BCUT2D eigenvalue weighted by Gasteiger charge is -2.05. The predicted octanol–water partition coefficient (Wildman–Crippen LogP) is 3.38. The third-order valence-corrected chi connectivity index (χ3v) is 2.95. The van der Waals surface area contributed by atoms with Gasteiger partial charge in [-0.05, 0) is 24.3 Å². The topological polar surface area (TPSA) is 38.1 Å². The first-order chi connectivity index (χ1) is 8.25. The number of aromatic nitrogens is 2. The van der Waals surface area contributed by atoms with Crippen LogP contribution in [0.3, 0.4) is 0 Å². The molecule has 17 heavy (non-hydrogen) atoms. The van der Waals surface area contributed by atoms with Crippen molar-refractivity contribution < 1.29 is 5.11 Å². The Morgan fingerprint density at radius 1 is 1.12 bits per heavy atom. The van der Waals surface area contributed by atoms with Gasteiger partial charge in [-0.25, -0.2) is 4.68 Å². The van der Waals surface area contributed by atoms with E-state index in [1.807, 2.05) is 30.3 Å². The third kappa shape index (κ3) is 1.65. The van der Waals surface area contributed by atoms with Crippen LogP contribution in [0.1, 0.15) is 0 Å². The number of halogens is 1. The summed E-state index contributed by atoms with van der Waals surface area (Å²) in [5.74, 6) is 0.214. The van der Waals surface area contributed by atoms with Crippen LogP contribution in [0.2, 0.25) is 5.02 Å². The molecule has 0 saturated heterocycles. The first-order valence-electron chi connectivity index (χ1n) is 5.17. The van der Waals surface area contributed by atoms with E-state index in [0.717, 1.165) is 16.6 Å². The lowest BCUT2D eigenvalue weighted by Crippen LogP contribution is -1.96. The first-order valence-corrected chi connectivity index (χ1v) is 5.55. The molecular formula is C13H9ClN2O. The summed E-state index contributed by atoms with van der Waals surface area (Å²) in [6.45, 7) is 0. The molecule has 0 bridgehead atoms. The van der Waals surface area contributed by atoms with E-state index in [2.05, 4.69) is 5.10 Å². The fourth-order valence-electron chi connectivity index (χ4n) is 1.82. The normalized spacial score (nSPS) is 10.9. The molecule has 1 aromatic heterocycles. The van der Waals surface area contributed by atoms with E-state index in [1.54, 1.807) is 23.0 Å². The van der Waals surface area contributed by atoms with Crippen molar-refractivity contribution in [2.45, 2.75) is 0 Å². The Balaban J connectivity index is 2.31. The van der Waals surface area contributed by atoms with Gasteiger partial charge < -0.3 is 5.11 Å². The van der Waals surface area contributed by atoms with Gasteiger partial charge >= 0.3 is 0 Å². The van der Waals surface area contributed by atoms with Crippen LogP contribution in [-0.2, 0) is 0 Å². The molecule has 0 aliphatic heterocycles. The van der Waals surface area contributed by atoms with Crippen molar-refractivity contribution >= 4 is 22.5 Å². The van der Waals surface area contributed by atoms with E-state index in [-0.39, 0.29) is 5.75 Å². The molecule has 0 radical (unpaired) electrons. The predicted molar refractivity (Wildman–Crippen MR) is 67.7 cm³/mol. The minimum Gasteiger partial charge on any atom is -0.508 e. The minimum atomic E-state index is 0.214. The Morgan fingerprint density at radius 2 is 1.94 bits per heavy atom. The summed E-state index contributed by atoms with van der Waals surface area (Å²) in [5.41, 5.74) is 1.63. The van der Waals surface area contributed by atoms with E-state index in [1.165, 1.54) is 0 Å². The second kappa shape index (κ2) is 3.79. The van der Waals surface area contributed by atoms with Crippen molar-refractivity contribution in [3.63, 3.8) is 0 Å². The summed E-state index contributed by atoms with van der Waals surface area (Å²) in [5, 5.41) is 15.4. The number of para-hydroxylation sites is 1. The maximum atomic E-state index is 9.52. The number of fused-ring (bicyclic) bond motifs is 1. The zero-order valence-corrected chi connectivity index (χ0v) is 9.59. The van der Waals surface area contributed by atoms with Gasteiger partial charge in [-0.2, -0.15) is 5.10 Å². The fourth-order valence-corrected chi connectivity index (χ4v) is 2.04. The maximum absolute atomic E-state index is 9.52. The largest absolute Gasteiger partial charge is 0.508 e. The summed E-state index contributed by atoms with van der Waals surface area (Å²) in [4.78, 5) is 0. The fraction of sp³-hybridized carbons (Fsp3) is 0. The number of hydrogen-bond acceptors (Lipinski definition) is 2. The SMILES string of the molecule is Oc1ccc2cnn(-c3ccccc3Cl)c2c1. The van der Waals surface area contributed by atoms with Gasteiger partial charge in [0.2, 0.25) is 0 Å². The quantitative estimate of drug-likeness (QED) is 0.713. The Labute approximate surface area is 103 Å². The van der Waals surface area contributed by atoms with Gasteiger partial charge in [0.05, 0.1) is 22.4 Å². The number of nitrogens with zero attached hydrogens (tertiary/aromatic N) is 2. The van der Waals surface area contributed by atoms with Crippen molar-refractivity contribution in [3.05, 3.63) is 53.7 Å². The third-order valence-electron chi connectivity index (χ3n) is 2.64. The Hall–Kier alpha value is -2.00. The average Bonchev–Trinajstić information content (AvgIpc) is 2.72. The van der Waals surface area contributed by atoms with E-state index in [9.17, 15) is 5.11 Å². The van der Waals surface area contributed by atoms with Gasteiger partial charge in [-0.15, -0.1) is 0 Å². The highest BCUT2D eigenvalue weighted by Gasteiger charge is 2.08. The van der Waals surface area contributed by atoms with Gasteiger partial charge in [-0.1, -0.05) is 23.7 Å². The van der Waals surface area contributed by atoms with Gasteiger partial charge in [0.15, 0.2) is 0 Å². The van der Waals surface area contributed by atoms with E-state index in [0.29, 0.717) is 5.02 Å². The summed E-state index contributed by atoms with van der Waals surface area (Å²) < 4.78 is 1.72. The average molecular weight is 245 g/mol. The number of rotatable bonds is 1. The lowest BCUT2D eigenvalue weighted by atomic mass is 10.2. The van der Waals surface area contributed by atoms with Gasteiger partial charge in [0, 0.05) is 11.5 Å². The molecule has 0 aliphatic carbocycles. The standard InChI is InChI=1S/C13H9ClN2O/c14-11-3-1-2-4-12(11)16-13-7-10(17)6-5-9(13)8-15-16/h1-8,17H.